The van der Waals surface area contributed by atoms with Crippen molar-refractivity contribution in [1.82, 2.24) is 0 Å². The van der Waals surface area contributed by atoms with Gasteiger partial charge in [-0.05, 0) is 55.8 Å². The second kappa shape index (κ2) is 9.71. The molecule has 1 aliphatic heterocycles. The van der Waals surface area contributed by atoms with E-state index in [9.17, 15) is 18.8 Å². The first kappa shape index (κ1) is 24.2. The predicted molar refractivity (Wildman–Crippen MR) is 131 cm³/mol. The maximum atomic E-state index is 13.4. The predicted octanol–water partition coefficient (Wildman–Crippen LogP) is 4.88. The van der Waals surface area contributed by atoms with E-state index in [-0.39, 0.29) is 23.0 Å². The second-order valence-electron chi connectivity index (χ2n) is 7.85. The van der Waals surface area contributed by atoms with Crippen molar-refractivity contribution in [2.45, 2.75) is 19.8 Å². The average Bonchev–Trinajstić information content (AvgIpc) is 3.18. The maximum absolute atomic E-state index is 13.4. The van der Waals surface area contributed by atoms with Crippen molar-refractivity contribution in [2.75, 3.05) is 24.8 Å². The van der Waals surface area contributed by atoms with Crippen LogP contribution in [0.3, 0.4) is 0 Å². The molecule has 2 aromatic carbocycles. The third-order valence-corrected chi connectivity index (χ3v) is 6.87. The molecule has 0 aliphatic carbocycles. The molecule has 180 valence electrons. The van der Waals surface area contributed by atoms with Crippen molar-refractivity contribution in [3.63, 3.8) is 0 Å². The minimum Gasteiger partial charge on any atom is -0.465 e. The zero-order valence-electron chi connectivity index (χ0n) is 19.3. The molecule has 3 aromatic rings. The van der Waals surface area contributed by atoms with E-state index < -0.39 is 23.7 Å². The number of carbonyl (C=O) groups is 3. The van der Waals surface area contributed by atoms with Gasteiger partial charge in [0.2, 0.25) is 5.78 Å². The van der Waals surface area contributed by atoms with Crippen LogP contribution in [0, 0.1) is 5.82 Å². The van der Waals surface area contributed by atoms with Gasteiger partial charge < -0.3 is 20.5 Å². The Labute approximate surface area is 205 Å². The SMILES string of the molecule is CCOC(=O)C1=C(C)Nc2sc(C(=O)c3ccc(F)cc3)c(N)c2[C@@H]1c1ccc(C(=O)OC)cc1. The van der Waals surface area contributed by atoms with Crippen LogP contribution in [0.25, 0.3) is 0 Å². The molecule has 1 aliphatic rings. The number of nitrogens with two attached hydrogens (primary N) is 1. The molecule has 1 atom stereocenters. The van der Waals surface area contributed by atoms with Crippen molar-refractivity contribution in [3.8, 4) is 0 Å². The fourth-order valence-corrected chi connectivity index (χ4v) is 5.25. The molecule has 7 nitrogen and oxygen atoms in total. The molecule has 0 amide bonds. The summed E-state index contributed by atoms with van der Waals surface area (Å²) < 4.78 is 23.5. The summed E-state index contributed by atoms with van der Waals surface area (Å²) in [4.78, 5) is 38.4. The first-order valence-electron chi connectivity index (χ1n) is 10.8. The summed E-state index contributed by atoms with van der Waals surface area (Å²) in [6.07, 6.45) is 0. The first-order chi connectivity index (χ1) is 16.8. The Morgan fingerprint density at radius 1 is 1.03 bits per heavy atom. The standard InChI is InChI=1S/C26H23FN2O5S/c1-4-34-26(32)18-13(2)29-24-20(19(18)14-5-7-16(8-6-14)25(31)33-3)21(28)23(35-24)22(30)15-9-11-17(27)12-10-15/h5-12,19,29H,4,28H2,1-3H3/t19-/m1/s1. The van der Waals surface area contributed by atoms with Gasteiger partial charge in [0.05, 0.1) is 35.5 Å². The molecule has 9 heteroatoms. The van der Waals surface area contributed by atoms with Crippen LogP contribution < -0.4 is 11.1 Å². The molecule has 35 heavy (non-hydrogen) atoms. The number of ketones is 1. The number of carbonyl (C=O) groups excluding carboxylic acids is 3. The fourth-order valence-electron chi connectivity index (χ4n) is 4.08. The number of hydrogen-bond acceptors (Lipinski definition) is 8. The van der Waals surface area contributed by atoms with Gasteiger partial charge in [-0.25, -0.2) is 14.0 Å². The Bertz CT molecular complexity index is 1340. The molecule has 0 spiro atoms. The quantitative estimate of drug-likeness (QED) is 0.371. The number of fused-ring (bicyclic) bond motifs is 1. The zero-order valence-corrected chi connectivity index (χ0v) is 20.1. The Hall–Kier alpha value is -3.98. The number of halogens is 1. The van der Waals surface area contributed by atoms with Gasteiger partial charge in [-0.3, -0.25) is 4.79 Å². The van der Waals surface area contributed by atoms with Crippen LogP contribution in [0.15, 0.2) is 59.8 Å². The maximum Gasteiger partial charge on any atom is 0.337 e. The van der Waals surface area contributed by atoms with Gasteiger partial charge in [-0.15, -0.1) is 11.3 Å². The summed E-state index contributed by atoms with van der Waals surface area (Å²) in [5.74, 6) is -2.43. The number of nitrogens with one attached hydrogen (secondary N) is 1. The minimum absolute atomic E-state index is 0.184. The first-order valence-corrected chi connectivity index (χ1v) is 11.6. The molecule has 0 bridgehead atoms. The lowest BCUT2D eigenvalue weighted by atomic mass is 9.81. The monoisotopic (exact) mass is 494 g/mol. The number of allylic oxidation sites excluding steroid dienone is 1. The minimum atomic E-state index is -0.636. The molecule has 0 saturated heterocycles. The van der Waals surface area contributed by atoms with E-state index in [0.717, 1.165) is 0 Å². The van der Waals surface area contributed by atoms with Gasteiger partial charge in [0.25, 0.3) is 0 Å². The summed E-state index contributed by atoms with van der Waals surface area (Å²) in [6.45, 7) is 3.65. The second-order valence-corrected chi connectivity index (χ2v) is 8.88. The molecule has 0 fully saturated rings. The van der Waals surface area contributed by atoms with Crippen LogP contribution in [0.4, 0.5) is 15.1 Å². The molecule has 4 rings (SSSR count). The van der Waals surface area contributed by atoms with E-state index in [1.807, 2.05) is 0 Å². The van der Waals surface area contributed by atoms with Crippen LogP contribution in [0.5, 0.6) is 0 Å². The van der Waals surface area contributed by atoms with Gasteiger partial charge in [0.15, 0.2) is 0 Å². The largest absolute Gasteiger partial charge is 0.465 e. The molecule has 2 heterocycles. The van der Waals surface area contributed by atoms with Crippen molar-refractivity contribution < 1.29 is 28.2 Å². The Kier molecular flexibility index (Phi) is 6.70. The fraction of sp³-hybridized carbons (Fsp3) is 0.192. The Balaban J connectivity index is 1.85. The number of rotatable bonds is 6. The van der Waals surface area contributed by atoms with Crippen molar-refractivity contribution in [1.29, 1.82) is 0 Å². The number of benzene rings is 2. The van der Waals surface area contributed by atoms with Crippen molar-refractivity contribution >= 4 is 39.7 Å². The highest BCUT2D eigenvalue weighted by atomic mass is 32.1. The average molecular weight is 495 g/mol. The zero-order chi connectivity index (χ0) is 25.3. The van der Waals surface area contributed by atoms with E-state index in [0.29, 0.717) is 38.5 Å². The smallest absolute Gasteiger partial charge is 0.337 e. The number of ether oxygens (including phenoxy) is 2. The number of hydrogen-bond donors (Lipinski definition) is 2. The molecule has 0 saturated carbocycles. The highest BCUT2D eigenvalue weighted by molar-refractivity contribution is 7.19. The number of esters is 2. The highest BCUT2D eigenvalue weighted by Gasteiger charge is 2.38. The molecular formula is C26H23FN2O5S. The van der Waals surface area contributed by atoms with Crippen LogP contribution in [0.1, 0.15) is 56.5 Å². The summed E-state index contributed by atoms with van der Waals surface area (Å²) >= 11 is 1.17. The van der Waals surface area contributed by atoms with Gasteiger partial charge in [0, 0.05) is 22.7 Å². The highest BCUT2D eigenvalue weighted by Crippen LogP contribution is 2.50. The summed E-state index contributed by atoms with van der Waals surface area (Å²) in [5, 5.41) is 3.82. The van der Waals surface area contributed by atoms with Crippen molar-refractivity contribution in [3.05, 3.63) is 92.7 Å². The van der Waals surface area contributed by atoms with Crippen LogP contribution in [-0.2, 0) is 14.3 Å². The van der Waals surface area contributed by atoms with Gasteiger partial charge in [-0.2, -0.15) is 0 Å². The molecular weight excluding hydrogens is 471 g/mol. The topological polar surface area (TPSA) is 108 Å². The normalized spacial score (nSPS) is 14.7. The van der Waals surface area contributed by atoms with Crippen LogP contribution in [0.2, 0.25) is 0 Å². The van der Waals surface area contributed by atoms with Gasteiger partial charge >= 0.3 is 11.9 Å². The number of anilines is 2. The van der Waals surface area contributed by atoms with E-state index in [2.05, 4.69) is 5.32 Å². The Morgan fingerprint density at radius 3 is 2.26 bits per heavy atom. The summed E-state index contributed by atoms with van der Waals surface area (Å²) in [5.41, 5.74) is 9.59. The van der Waals surface area contributed by atoms with E-state index in [1.54, 1.807) is 38.1 Å². The van der Waals surface area contributed by atoms with E-state index in [4.69, 9.17) is 15.2 Å². The number of thiophene rings is 1. The van der Waals surface area contributed by atoms with Gasteiger partial charge in [0.1, 0.15) is 10.7 Å². The van der Waals surface area contributed by atoms with E-state index in [1.165, 1.54) is 42.7 Å². The lowest BCUT2D eigenvalue weighted by molar-refractivity contribution is -0.138. The van der Waals surface area contributed by atoms with E-state index >= 15 is 0 Å². The molecule has 3 N–H and O–H groups in total. The number of methoxy groups -OCH3 is 1. The van der Waals surface area contributed by atoms with Crippen molar-refractivity contribution in [2.24, 2.45) is 0 Å². The summed E-state index contributed by atoms with van der Waals surface area (Å²) in [6, 6.07) is 11.9. The van der Waals surface area contributed by atoms with Crippen LogP contribution in [-0.4, -0.2) is 31.4 Å². The van der Waals surface area contributed by atoms with Gasteiger partial charge in [-0.1, -0.05) is 12.1 Å². The lowest BCUT2D eigenvalue weighted by Crippen LogP contribution is -2.24. The molecule has 0 radical (unpaired) electrons. The third kappa shape index (κ3) is 4.42. The Morgan fingerprint density at radius 2 is 1.66 bits per heavy atom. The molecule has 1 aromatic heterocycles. The summed E-state index contributed by atoms with van der Waals surface area (Å²) in [7, 11) is 1.30. The molecule has 0 unspecified atom stereocenters. The lowest BCUT2D eigenvalue weighted by Gasteiger charge is -2.28. The third-order valence-electron chi connectivity index (χ3n) is 5.74. The number of nitrogen functional groups attached to an aromatic ring is 1. The van der Waals surface area contributed by atoms with Crippen LogP contribution >= 0.6 is 11.3 Å².